The number of carbonyl (C=O) groups is 1. The molecule has 0 spiro atoms. The summed E-state index contributed by atoms with van der Waals surface area (Å²) in [4.78, 5) is 11.2. The zero-order chi connectivity index (χ0) is 17.3. The summed E-state index contributed by atoms with van der Waals surface area (Å²) in [6, 6.07) is 4.36. The molecular formula is C15H19NO7S. The minimum atomic E-state index is -3.87. The number of ether oxygens (including phenoxy) is 2. The molecule has 132 valence electrons. The first kappa shape index (κ1) is 17.0. The van der Waals surface area contributed by atoms with Crippen LogP contribution in [0.2, 0.25) is 0 Å². The summed E-state index contributed by atoms with van der Waals surface area (Å²) < 4.78 is 37.7. The molecule has 1 saturated heterocycles. The van der Waals surface area contributed by atoms with Crippen LogP contribution in [-0.2, 0) is 14.8 Å². The van der Waals surface area contributed by atoms with Crippen LogP contribution in [0.15, 0.2) is 23.1 Å². The van der Waals surface area contributed by atoms with E-state index < -0.39 is 28.0 Å². The zero-order valence-corrected chi connectivity index (χ0v) is 13.7. The lowest BCUT2D eigenvalue weighted by Crippen LogP contribution is -2.48. The molecule has 0 radical (unpaired) electrons. The predicted molar refractivity (Wildman–Crippen MR) is 82.6 cm³/mol. The van der Waals surface area contributed by atoms with Crippen molar-refractivity contribution >= 4 is 16.0 Å². The Kier molecular flexibility index (Phi) is 4.66. The van der Waals surface area contributed by atoms with Gasteiger partial charge in [0.25, 0.3) is 0 Å². The lowest BCUT2D eigenvalue weighted by molar-refractivity contribution is -0.147. The minimum absolute atomic E-state index is 0.0206. The van der Waals surface area contributed by atoms with Gasteiger partial charge in [0.15, 0.2) is 11.5 Å². The van der Waals surface area contributed by atoms with Crippen molar-refractivity contribution in [2.45, 2.75) is 23.8 Å². The molecule has 0 bridgehead atoms. The summed E-state index contributed by atoms with van der Waals surface area (Å²) in [5, 5.41) is 18.9. The van der Waals surface area contributed by atoms with Gasteiger partial charge in [-0.1, -0.05) is 0 Å². The molecule has 9 heteroatoms. The van der Waals surface area contributed by atoms with Crippen molar-refractivity contribution < 1.29 is 32.9 Å². The van der Waals surface area contributed by atoms with Gasteiger partial charge in [0.2, 0.25) is 10.0 Å². The van der Waals surface area contributed by atoms with Crippen LogP contribution in [-0.4, -0.2) is 61.3 Å². The number of rotatable bonds is 3. The smallest absolute Gasteiger partial charge is 0.310 e. The first-order valence-electron chi connectivity index (χ1n) is 7.70. The number of carboxylic acid groups (broad SMARTS) is 1. The van der Waals surface area contributed by atoms with Crippen molar-refractivity contribution in [2.75, 3.05) is 26.3 Å². The third kappa shape index (κ3) is 3.19. The van der Waals surface area contributed by atoms with Crippen LogP contribution in [0.1, 0.15) is 12.8 Å². The standard InChI is InChI=1S/C15H19NO7S/c17-12-4-5-16(9-11(12)15(18)19)24(20,21)10-2-3-13-14(8-10)23-7-1-6-22-13/h2-3,8,11-12,17H,1,4-7,9H2,(H,18,19)/t11-,12+/m0/s1. The maximum absolute atomic E-state index is 12.8. The molecule has 3 rings (SSSR count). The van der Waals surface area contributed by atoms with Gasteiger partial charge in [-0.05, 0) is 18.6 Å². The quantitative estimate of drug-likeness (QED) is 0.800. The van der Waals surface area contributed by atoms with E-state index in [1.807, 2.05) is 0 Å². The number of sulfonamides is 1. The normalized spacial score (nSPS) is 25.0. The average molecular weight is 357 g/mol. The van der Waals surface area contributed by atoms with Crippen LogP contribution >= 0.6 is 0 Å². The molecule has 0 saturated carbocycles. The van der Waals surface area contributed by atoms with Crippen LogP contribution in [0, 0.1) is 5.92 Å². The maximum Gasteiger partial charge on any atom is 0.310 e. The summed E-state index contributed by atoms with van der Waals surface area (Å²) in [6.45, 7) is 0.756. The fourth-order valence-corrected chi connectivity index (χ4v) is 4.32. The number of aliphatic carboxylic acids is 1. The third-order valence-corrected chi connectivity index (χ3v) is 6.07. The Hall–Kier alpha value is -1.84. The summed E-state index contributed by atoms with van der Waals surface area (Å²) in [6.07, 6.45) is -0.250. The van der Waals surface area contributed by atoms with Crippen molar-refractivity contribution in [2.24, 2.45) is 5.92 Å². The van der Waals surface area contributed by atoms with E-state index in [1.54, 1.807) is 6.07 Å². The van der Waals surface area contributed by atoms with E-state index in [0.717, 1.165) is 4.31 Å². The van der Waals surface area contributed by atoms with E-state index in [-0.39, 0.29) is 24.4 Å². The summed E-state index contributed by atoms with van der Waals surface area (Å²) in [5.74, 6) is -1.49. The molecular weight excluding hydrogens is 338 g/mol. The number of aliphatic hydroxyl groups excluding tert-OH is 1. The SMILES string of the molecule is O=C(O)[C@H]1CN(S(=O)(=O)c2ccc3c(c2)OCCCO3)CC[C@H]1O. The maximum atomic E-state index is 12.8. The second kappa shape index (κ2) is 6.58. The predicted octanol–water partition coefficient (Wildman–Crippen LogP) is 0.304. The molecule has 0 amide bonds. The largest absolute Gasteiger partial charge is 0.490 e. The molecule has 2 heterocycles. The number of aliphatic hydroxyl groups is 1. The molecule has 2 aliphatic heterocycles. The molecule has 1 aromatic carbocycles. The van der Waals surface area contributed by atoms with Crippen LogP contribution in [0.3, 0.4) is 0 Å². The Morgan fingerprint density at radius 3 is 2.62 bits per heavy atom. The van der Waals surface area contributed by atoms with Crippen molar-refractivity contribution in [1.82, 2.24) is 4.31 Å². The lowest BCUT2D eigenvalue weighted by Gasteiger charge is -2.33. The van der Waals surface area contributed by atoms with Gasteiger partial charge in [-0.2, -0.15) is 4.31 Å². The van der Waals surface area contributed by atoms with E-state index in [2.05, 4.69) is 0 Å². The fraction of sp³-hybridized carbons (Fsp3) is 0.533. The van der Waals surface area contributed by atoms with Crippen LogP contribution in [0.25, 0.3) is 0 Å². The van der Waals surface area contributed by atoms with Gasteiger partial charge in [0.05, 0.1) is 30.1 Å². The number of nitrogens with zero attached hydrogens (tertiary/aromatic N) is 1. The van der Waals surface area contributed by atoms with Gasteiger partial charge in [-0.3, -0.25) is 4.79 Å². The highest BCUT2D eigenvalue weighted by Gasteiger charge is 2.38. The van der Waals surface area contributed by atoms with Gasteiger partial charge in [0.1, 0.15) is 0 Å². The average Bonchev–Trinajstić information content (AvgIpc) is 2.79. The van der Waals surface area contributed by atoms with Crippen molar-refractivity contribution in [3.05, 3.63) is 18.2 Å². The van der Waals surface area contributed by atoms with Gasteiger partial charge in [-0.15, -0.1) is 0 Å². The molecule has 2 aliphatic rings. The highest BCUT2D eigenvalue weighted by atomic mass is 32.2. The second-order valence-electron chi connectivity index (χ2n) is 5.82. The van der Waals surface area contributed by atoms with Gasteiger partial charge in [0, 0.05) is 25.6 Å². The monoisotopic (exact) mass is 357 g/mol. The summed E-state index contributed by atoms with van der Waals surface area (Å²) >= 11 is 0. The van der Waals surface area contributed by atoms with Crippen molar-refractivity contribution in [1.29, 1.82) is 0 Å². The Labute approximate surface area is 139 Å². The van der Waals surface area contributed by atoms with Crippen molar-refractivity contribution in [3.8, 4) is 11.5 Å². The summed E-state index contributed by atoms with van der Waals surface area (Å²) in [5.41, 5.74) is 0. The van der Waals surface area contributed by atoms with E-state index in [9.17, 15) is 18.3 Å². The number of piperidine rings is 1. The second-order valence-corrected chi connectivity index (χ2v) is 7.76. The van der Waals surface area contributed by atoms with Gasteiger partial charge < -0.3 is 19.7 Å². The number of fused-ring (bicyclic) bond motifs is 1. The minimum Gasteiger partial charge on any atom is -0.490 e. The molecule has 0 unspecified atom stereocenters. The molecule has 0 aliphatic carbocycles. The molecule has 0 aromatic heterocycles. The third-order valence-electron chi connectivity index (χ3n) is 4.21. The van der Waals surface area contributed by atoms with E-state index in [0.29, 0.717) is 31.1 Å². The highest BCUT2D eigenvalue weighted by molar-refractivity contribution is 7.89. The van der Waals surface area contributed by atoms with E-state index in [4.69, 9.17) is 14.6 Å². The Morgan fingerprint density at radius 2 is 1.92 bits per heavy atom. The van der Waals surface area contributed by atoms with Crippen LogP contribution in [0.5, 0.6) is 11.5 Å². The van der Waals surface area contributed by atoms with Crippen molar-refractivity contribution in [3.63, 3.8) is 0 Å². The van der Waals surface area contributed by atoms with Gasteiger partial charge >= 0.3 is 5.97 Å². The number of benzene rings is 1. The zero-order valence-electron chi connectivity index (χ0n) is 12.9. The Morgan fingerprint density at radius 1 is 1.21 bits per heavy atom. The molecule has 8 nitrogen and oxygen atoms in total. The molecule has 2 N–H and O–H groups in total. The first-order chi connectivity index (χ1) is 11.4. The number of carboxylic acids is 1. The number of hydrogen-bond donors (Lipinski definition) is 2. The fourth-order valence-electron chi connectivity index (χ4n) is 2.82. The number of hydrogen-bond acceptors (Lipinski definition) is 6. The molecule has 2 atom stereocenters. The van der Waals surface area contributed by atoms with E-state index >= 15 is 0 Å². The Bertz CT molecular complexity index is 733. The molecule has 1 aromatic rings. The molecule has 1 fully saturated rings. The lowest BCUT2D eigenvalue weighted by atomic mass is 9.96. The van der Waals surface area contributed by atoms with Crippen LogP contribution in [0.4, 0.5) is 0 Å². The van der Waals surface area contributed by atoms with E-state index in [1.165, 1.54) is 12.1 Å². The summed E-state index contributed by atoms with van der Waals surface area (Å²) in [7, 11) is -3.87. The molecule has 24 heavy (non-hydrogen) atoms. The highest BCUT2D eigenvalue weighted by Crippen LogP contribution is 2.33. The topological polar surface area (TPSA) is 113 Å². The van der Waals surface area contributed by atoms with Gasteiger partial charge in [-0.25, -0.2) is 8.42 Å². The first-order valence-corrected chi connectivity index (χ1v) is 9.14. The Balaban J connectivity index is 1.88. The van der Waals surface area contributed by atoms with Crippen LogP contribution < -0.4 is 9.47 Å².